The summed E-state index contributed by atoms with van der Waals surface area (Å²) in [4.78, 5) is 89.5. The Kier molecular flexibility index (Phi) is 10.4. The Bertz CT molecular complexity index is 2290. The van der Waals surface area contributed by atoms with E-state index < -0.39 is 29.7 Å². The number of imide groups is 2. The summed E-state index contributed by atoms with van der Waals surface area (Å²) in [6.07, 6.45) is 4.03. The minimum Gasteiger partial charge on any atom is -0.484 e. The molecule has 292 valence electrons. The number of ether oxygens (including phenoxy) is 1. The van der Waals surface area contributed by atoms with E-state index >= 15 is 0 Å². The number of halogens is 1. The van der Waals surface area contributed by atoms with Crippen molar-refractivity contribution < 1.29 is 28.7 Å². The fourth-order valence-electron chi connectivity index (χ4n) is 8.38. The van der Waals surface area contributed by atoms with Crippen LogP contribution in [0.25, 0.3) is 4.96 Å². The summed E-state index contributed by atoms with van der Waals surface area (Å²) in [6, 6.07) is 12.1. The van der Waals surface area contributed by atoms with Gasteiger partial charge in [0.1, 0.15) is 22.1 Å². The Hall–Kier alpha value is -5.13. The van der Waals surface area contributed by atoms with Crippen LogP contribution in [0.4, 0.5) is 11.5 Å². The van der Waals surface area contributed by atoms with Gasteiger partial charge in [-0.25, -0.2) is 4.98 Å². The van der Waals surface area contributed by atoms with Gasteiger partial charge in [0, 0.05) is 63.3 Å². The lowest BCUT2D eigenvalue weighted by atomic mass is 9.88. The molecule has 8 rings (SSSR count). The predicted molar refractivity (Wildman–Crippen MR) is 212 cm³/mol. The molecule has 3 saturated heterocycles. The minimum atomic E-state index is -1.03. The maximum Gasteiger partial charge on any atom is 0.275 e. The maximum atomic E-state index is 13.6. The molecule has 2 N–H and O–H groups in total. The van der Waals surface area contributed by atoms with E-state index in [0.29, 0.717) is 52.6 Å². The summed E-state index contributed by atoms with van der Waals surface area (Å²) in [5.74, 6) is -0.854. The molecule has 4 aromatic rings. The van der Waals surface area contributed by atoms with Crippen LogP contribution in [-0.2, 0) is 14.4 Å². The molecule has 4 aliphatic rings. The van der Waals surface area contributed by atoms with Gasteiger partial charge in [0.25, 0.3) is 23.3 Å². The molecule has 5 amide bonds. The molecular weight excluding hydrogens is 804 g/mol. The smallest absolute Gasteiger partial charge is 0.275 e. The van der Waals surface area contributed by atoms with Crippen molar-refractivity contribution in [2.45, 2.75) is 56.1 Å². The number of anilines is 2. The van der Waals surface area contributed by atoms with Gasteiger partial charge in [0.15, 0.2) is 11.6 Å². The van der Waals surface area contributed by atoms with Crippen molar-refractivity contribution in [3.05, 3.63) is 85.6 Å². The molecule has 6 heterocycles. The highest BCUT2D eigenvalue weighted by Gasteiger charge is 2.46. The molecule has 0 aliphatic carbocycles. The second kappa shape index (κ2) is 15.4. The number of fused-ring (bicyclic) bond motifs is 2. The zero-order chi connectivity index (χ0) is 39.2. The third-order valence-electron chi connectivity index (χ3n) is 11.3. The van der Waals surface area contributed by atoms with Crippen LogP contribution in [0.2, 0.25) is 0 Å². The number of hydrogen-bond donors (Lipinski definition) is 2. The molecule has 0 spiro atoms. The summed E-state index contributed by atoms with van der Waals surface area (Å²) in [5, 5.41) is 7.57. The second-order valence-electron chi connectivity index (χ2n) is 14.9. The fourth-order valence-corrected chi connectivity index (χ4v) is 9.48. The topological polar surface area (TPSA) is 166 Å². The lowest BCUT2D eigenvalue weighted by molar-refractivity contribution is -0.136. The highest BCUT2D eigenvalue weighted by molar-refractivity contribution is 9.10. The number of rotatable bonds is 9. The Morgan fingerprint density at radius 3 is 2.55 bits per heavy atom. The maximum absolute atomic E-state index is 13.6. The van der Waals surface area contributed by atoms with Crippen molar-refractivity contribution in [2.75, 3.05) is 57.1 Å². The Morgan fingerprint density at radius 1 is 1.04 bits per heavy atom. The lowest BCUT2D eigenvalue weighted by Gasteiger charge is -2.38. The Labute approximate surface area is 334 Å². The number of benzene rings is 2. The average Bonchev–Trinajstić information content (AvgIpc) is 3.77. The number of nitrogens with one attached hydrogen (secondary N) is 2. The molecule has 17 heteroatoms. The van der Waals surface area contributed by atoms with Crippen molar-refractivity contribution in [3.63, 3.8) is 0 Å². The van der Waals surface area contributed by atoms with Gasteiger partial charge in [-0.3, -0.25) is 43.4 Å². The third-order valence-corrected chi connectivity index (χ3v) is 12.8. The van der Waals surface area contributed by atoms with Gasteiger partial charge < -0.3 is 24.8 Å². The highest BCUT2D eigenvalue weighted by Crippen LogP contribution is 2.36. The number of likely N-dealkylation sites (N-methyl/N-ethyl adjacent to an activating group) is 1. The monoisotopic (exact) mass is 844 g/mol. The molecule has 2 aromatic heterocycles. The summed E-state index contributed by atoms with van der Waals surface area (Å²) in [6.45, 7) is 2.62. The van der Waals surface area contributed by atoms with E-state index in [1.807, 2.05) is 41.6 Å². The van der Waals surface area contributed by atoms with Gasteiger partial charge in [-0.05, 0) is 84.4 Å². The first-order valence-electron chi connectivity index (χ1n) is 18.6. The summed E-state index contributed by atoms with van der Waals surface area (Å²) in [5.41, 5.74) is 2.11. The van der Waals surface area contributed by atoms with E-state index in [-0.39, 0.29) is 60.0 Å². The van der Waals surface area contributed by atoms with Crippen LogP contribution in [0.5, 0.6) is 5.75 Å². The van der Waals surface area contributed by atoms with Gasteiger partial charge in [-0.2, -0.15) is 0 Å². The number of carbonyl (C=O) groups is 5. The number of amides is 5. The number of hydrogen-bond acceptors (Lipinski definition) is 12. The zero-order valence-electron chi connectivity index (χ0n) is 30.9. The Morgan fingerprint density at radius 2 is 1.80 bits per heavy atom. The summed E-state index contributed by atoms with van der Waals surface area (Å²) >= 11 is 4.86. The van der Waals surface area contributed by atoms with E-state index in [1.54, 1.807) is 29.3 Å². The van der Waals surface area contributed by atoms with Crippen LogP contribution in [0.1, 0.15) is 64.3 Å². The molecule has 0 radical (unpaired) electrons. The molecule has 2 aromatic carbocycles. The van der Waals surface area contributed by atoms with E-state index in [0.717, 1.165) is 30.0 Å². The van der Waals surface area contributed by atoms with Gasteiger partial charge in [-0.1, -0.05) is 18.2 Å². The molecule has 3 unspecified atom stereocenters. The van der Waals surface area contributed by atoms with Crippen LogP contribution in [0.3, 0.4) is 0 Å². The van der Waals surface area contributed by atoms with Gasteiger partial charge >= 0.3 is 0 Å². The van der Waals surface area contributed by atoms with E-state index in [4.69, 9.17) is 4.74 Å². The molecule has 3 atom stereocenters. The molecule has 56 heavy (non-hydrogen) atoms. The largest absolute Gasteiger partial charge is 0.484 e. The molecule has 0 saturated carbocycles. The first kappa shape index (κ1) is 37.8. The number of piperidine rings is 3. The SMILES string of the molecule is CN1CC(Nc2nc3sccn3c(=O)c2Br)CC(c2ccc(OCC(=O)N3CCC(N(C)c4cccc5c4C(=O)N(C4CCC(=O)NC4=O)C5=O)CC3)cc2)C1. The van der Waals surface area contributed by atoms with Crippen LogP contribution in [0, 0.1) is 0 Å². The minimum absolute atomic E-state index is 0.00541. The van der Waals surface area contributed by atoms with Crippen molar-refractivity contribution in [2.24, 2.45) is 0 Å². The highest BCUT2D eigenvalue weighted by atomic mass is 79.9. The zero-order valence-corrected chi connectivity index (χ0v) is 33.3. The molecule has 3 fully saturated rings. The van der Waals surface area contributed by atoms with Crippen LogP contribution >= 0.6 is 27.3 Å². The van der Waals surface area contributed by atoms with Crippen molar-refractivity contribution in [1.82, 2.24) is 29.4 Å². The molecule has 15 nitrogen and oxygen atoms in total. The number of aromatic nitrogens is 2. The van der Waals surface area contributed by atoms with Crippen molar-refractivity contribution in [1.29, 1.82) is 0 Å². The molecule has 4 aliphatic heterocycles. The van der Waals surface area contributed by atoms with Crippen LogP contribution < -0.4 is 25.8 Å². The van der Waals surface area contributed by atoms with Crippen molar-refractivity contribution in [3.8, 4) is 5.75 Å². The number of thiazole rings is 1. The standard InChI is InChI=1S/C39H41BrN8O7S/c1-44-19-23(18-24(20-44)41-34-33(40)38(54)47-16-17-56-39(47)43-34)22-6-8-26(9-7-22)55-21-31(50)46-14-12-25(13-15-46)45(2)28-5-3-4-27-32(28)37(53)48(36(27)52)29-10-11-30(49)42-35(29)51/h3-9,16-17,23-25,29,41H,10-15,18-21H2,1-2H3,(H,42,49,51). The van der Waals surface area contributed by atoms with Gasteiger partial charge in [-0.15, -0.1) is 11.3 Å². The third kappa shape index (κ3) is 7.18. The van der Waals surface area contributed by atoms with Crippen LogP contribution in [0.15, 0.2) is 63.3 Å². The molecule has 0 bridgehead atoms. The summed E-state index contributed by atoms with van der Waals surface area (Å²) < 4.78 is 7.88. The second-order valence-corrected chi connectivity index (χ2v) is 16.5. The Balaban J connectivity index is 0.837. The van der Waals surface area contributed by atoms with Gasteiger partial charge in [0.2, 0.25) is 11.8 Å². The number of nitrogens with zero attached hydrogens (tertiary/aromatic N) is 6. The van der Waals surface area contributed by atoms with E-state index in [1.165, 1.54) is 15.7 Å². The van der Waals surface area contributed by atoms with Gasteiger partial charge in [0.05, 0.1) is 16.8 Å². The van der Waals surface area contributed by atoms with Crippen LogP contribution in [-0.4, -0.2) is 119 Å². The summed E-state index contributed by atoms with van der Waals surface area (Å²) in [7, 11) is 3.96. The first-order valence-corrected chi connectivity index (χ1v) is 20.3. The van der Waals surface area contributed by atoms with E-state index in [9.17, 15) is 28.8 Å². The number of carbonyl (C=O) groups excluding carboxylic acids is 5. The van der Waals surface area contributed by atoms with Crippen molar-refractivity contribution >= 4 is 73.3 Å². The first-order chi connectivity index (χ1) is 27.0. The fraction of sp³-hybridized carbons (Fsp3) is 0.410. The van der Waals surface area contributed by atoms with E-state index in [2.05, 4.69) is 43.5 Å². The lowest BCUT2D eigenvalue weighted by Crippen LogP contribution is -2.54. The molecular formula is C39H41BrN8O7S. The predicted octanol–water partition coefficient (Wildman–Crippen LogP) is 3.33. The quantitative estimate of drug-likeness (QED) is 0.238. The average molecular weight is 846 g/mol. The number of likely N-dealkylation sites (tertiary alicyclic amines) is 2. The normalized spacial score (nSPS) is 22.0.